The van der Waals surface area contributed by atoms with E-state index in [1.165, 1.54) is 29.7 Å². The second kappa shape index (κ2) is 6.44. The van der Waals surface area contributed by atoms with E-state index >= 15 is 0 Å². The van der Waals surface area contributed by atoms with Crippen molar-refractivity contribution in [3.8, 4) is 0 Å². The maximum atomic E-state index is 4.37. The molecular formula is C18H25N3. The Morgan fingerprint density at radius 1 is 1.29 bits per heavy atom. The van der Waals surface area contributed by atoms with Gasteiger partial charge in [0, 0.05) is 30.9 Å². The van der Waals surface area contributed by atoms with Crippen LogP contribution >= 0.6 is 0 Å². The van der Waals surface area contributed by atoms with Crippen LogP contribution in [0.2, 0.25) is 0 Å². The molecule has 3 rings (SSSR count). The Morgan fingerprint density at radius 3 is 2.76 bits per heavy atom. The average Bonchev–Trinajstić information content (AvgIpc) is 2.97. The minimum Gasteiger partial charge on any atom is -0.330 e. The van der Waals surface area contributed by atoms with E-state index in [2.05, 4.69) is 53.0 Å². The summed E-state index contributed by atoms with van der Waals surface area (Å²) < 4.78 is 2.31. The van der Waals surface area contributed by atoms with E-state index in [9.17, 15) is 0 Å². The van der Waals surface area contributed by atoms with Crippen molar-refractivity contribution in [2.24, 2.45) is 0 Å². The molecule has 21 heavy (non-hydrogen) atoms. The van der Waals surface area contributed by atoms with Crippen LogP contribution in [-0.4, -0.2) is 22.6 Å². The van der Waals surface area contributed by atoms with Crippen LogP contribution in [0.5, 0.6) is 0 Å². The smallest absolute Gasteiger partial charge is 0.0951 e. The molecule has 0 saturated carbocycles. The van der Waals surface area contributed by atoms with Crippen molar-refractivity contribution in [1.82, 2.24) is 14.9 Å². The Hall–Kier alpha value is -1.61. The lowest BCUT2D eigenvalue weighted by atomic mass is 9.96. The summed E-state index contributed by atoms with van der Waals surface area (Å²) in [4.78, 5) is 4.37. The molecule has 3 heteroatoms. The lowest BCUT2D eigenvalue weighted by Gasteiger charge is -2.23. The van der Waals surface area contributed by atoms with Gasteiger partial charge in [0.15, 0.2) is 0 Å². The maximum absolute atomic E-state index is 4.37. The van der Waals surface area contributed by atoms with Crippen molar-refractivity contribution in [1.29, 1.82) is 0 Å². The Morgan fingerprint density at radius 2 is 2.10 bits per heavy atom. The second-order valence-electron chi connectivity index (χ2n) is 6.39. The Balaban J connectivity index is 1.74. The molecular weight excluding hydrogens is 258 g/mol. The highest BCUT2D eigenvalue weighted by Gasteiger charge is 2.18. The van der Waals surface area contributed by atoms with Crippen LogP contribution in [0.4, 0.5) is 0 Å². The first-order valence-corrected chi connectivity index (χ1v) is 8.03. The van der Waals surface area contributed by atoms with Gasteiger partial charge in [0.25, 0.3) is 0 Å². The summed E-state index contributed by atoms with van der Waals surface area (Å²) >= 11 is 0. The molecule has 0 bridgehead atoms. The van der Waals surface area contributed by atoms with Crippen LogP contribution in [-0.2, 0) is 6.54 Å². The van der Waals surface area contributed by atoms with E-state index in [1.807, 2.05) is 12.5 Å². The fraction of sp³-hybridized carbons (Fsp3) is 0.500. The largest absolute Gasteiger partial charge is 0.330 e. The van der Waals surface area contributed by atoms with E-state index in [0.717, 1.165) is 19.6 Å². The first kappa shape index (κ1) is 14.3. The lowest BCUT2D eigenvalue weighted by Crippen LogP contribution is -2.29. The summed E-state index contributed by atoms with van der Waals surface area (Å²) in [5.41, 5.74) is 4.12. The molecule has 0 spiro atoms. The molecule has 1 aromatic heterocycles. The highest BCUT2D eigenvalue weighted by atomic mass is 15.1. The summed E-state index contributed by atoms with van der Waals surface area (Å²) in [5, 5.41) is 3.49. The van der Waals surface area contributed by atoms with Gasteiger partial charge in [-0.15, -0.1) is 0 Å². The van der Waals surface area contributed by atoms with Gasteiger partial charge in [-0.1, -0.05) is 38.1 Å². The maximum Gasteiger partial charge on any atom is 0.0951 e. The van der Waals surface area contributed by atoms with Gasteiger partial charge >= 0.3 is 0 Å². The zero-order valence-corrected chi connectivity index (χ0v) is 13.0. The standard InChI is InChI=1S/C18H25N3/c1-14(2)16-7-5-15(6-8-16)12-21-13-20-11-18(21)17-4-3-9-19-10-17/h5-8,11,13-14,17,19H,3-4,9-10,12H2,1-2H3. The highest BCUT2D eigenvalue weighted by Crippen LogP contribution is 2.24. The molecule has 2 heterocycles. The minimum absolute atomic E-state index is 0.594. The average molecular weight is 283 g/mol. The third kappa shape index (κ3) is 3.35. The van der Waals surface area contributed by atoms with Gasteiger partial charge in [0.1, 0.15) is 0 Å². The van der Waals surface area contributed by atoms with E-state index < -0.39 is 0 Å². The van der Waals surface area contributed by atoms with Crippen LogP contribution in [0.15, 0.2) is 36.8 Å². The van der Waals surface area contributed by atoms with Crippen molar-refractivity contribution >= 4 is 0 Å². The van der Waals surface area contributed by atoms with Crippen molar-refractivity contribution < 1.29 is 0 Å². The molecule has 0 aliphatic carbocycles. The number of hydrogen-bond acceptors (Lipinski definition) is 2. The van der Waals surface area contributed by atoms with Crippen LogP contribution in [0.1, 0.15) is 55.3 Å². The molecule has 1 aromatic carbocycles. The van der Waals surface area contributed by atoms with Crippen molar-refractivity contribution in [3.63, 3.8) is 0 Å². The number of piperidine rings is 1. The number of nitrogens with one attached hydrogen (secondary N) is 1. The number of hydrogen-bond donors (Lipinski definition) is 1. The van der Waals surface area contributed by atoms with Crippen LogP contribution in [0.3, 0.4) is 0 Å². The molecule has 1 atom stereocenters. The summed E-state index contributed by atoms with van der Waals surface area (Å²) in [6.07, 6.45) is 6.55. The van der Waals surface area contributed by atoms with Gasteiger partial charge in [-0.25, -0.2) is 4.98 Å². The van der Waals surface area contributed by atoms with Gasteiger partial charge in [-0.2, -0.15) is 0 Å². The first-order chi connectivity index (χ1) is 10.2. The second-order valence-corrected chi connectivity index (χ2v) is 6.39. The molecule has 1 N–H and O–H groups in total. The molecule has 1 unspecified atom stereocenters. The van der Waals surface area contributed by atoms with E-state index in [1.54, 1.807) is 0 Å². The third-order valence-corrected chi connectivity index (χ3v) is 4.46. The van der Waals surface area contributed by atoms with Crippen molar-refractivity contribution in [3.05, 3.63) is 53.6 Å². The van der Waals surface area contributed by atoms with E-state index in [0.29, 0.717) is 11.8 Å². The number of aromatic nitrogens is 2. The number of benzene rings is 1. The fourth-order valence-electron chi connectivity index (χ4n) is 3.11. The summed E-state index contributed by atoms with van der Waals surface area (Å²) in [7, 11) is 0. The predicted molar refractivity (Wildman–Crippen MR) is 86.7 cm³/mol. The van der Waals surface area contributed by atoms with Gasteiger partial charge in [-0.05, 0) is 36.4 Å². The molecule has 0 radical (unpaired) electrons. The molecule has 112 valence electrons. The summed E-state index contributed by atoms with van der Waals surface area (Å²) in [6, 6.07) is 8.99. The predicted octanol–water partition coefficient (Wildman–Crippen LogP) is 3.52. The normalized spacial score (nSPS) is 19.1. The Kier molecular flexibility index (Phi) is 4.39. The van der Waals surface area contributed by atoms with Crippen LogP contribution < -0.4 is 5.32 Å². The van der Waals surface area contributed by atoms with E-state index in [-0.39, 0.29) is 0 Å². The monoisotopic (exact) mass is 283 g/mol. The summed E-state index contributed by atoms with van der Waals surface area (Å²) in [5.74, 6) is 1.20. The first-order valence-electron chi connectivity index (χ1n) is 8.03. The van der Waals surface area contributed by atoms with Crippen molar-refractivity contribution in [2.75, 3.05) is 13.1 Å². The molecule has 3 nitrogen and oxygen atoms in total. The SMILES string of the molecule is CC(C)c1ccc(Cn2cncc2C2CCCNC2)cc1. The van der Waals surface area contributed by atoms with Crippen LogP contribution in [0, 0.1) is 0 Å². The Bertz CT molecular complexity index is 562. The summed E-state index contributed by atoms with van der Waals surface area (Å²) in [6.45, 7) is 7.63. The molecule has 2 aromatic rings. The zero-order chi connectivity index (χ0) is 14.7. The third-order valence-electron chi connectivity index (χ3n) is 4.46. The van der Waals surface area contributed by atoms with Gasteiger partial charge < -0.3 is 9.88 Å². The number of imidazole rings is 1. The molecule has 1 aliphatic rings. The Labute approximate surface area is 127 Å². The minimum atomic E-state index is 0.594. The van der Waals surface area contributed by atoms with Gasteiger partial charge in [0.2, 0.25) is 0 Å². The molecule has 1 fully saturated rings. The molecule has 1 aliphatic heterocycles. The number of rotatable bonds is 4. The fourth-order valence-corrected chi connectivity index (χ4v) is 3.11. The van der Waals surface area contributed by atoms with Crippen molar-refractivity contribution in [2.45, 2.75) is 45.1 Å². The lowest BCUT2D eigenvalue weighted by molar-refractivity contribution is 0.444. The van der Waals surface area contributed by atoms with Gasteiger partial charge in [-0.3, -0.25) is 0 Å². The molecule has 0 amide bonds. The molecule has 1 saturated heterocycles. The van der Waals surface area contributed by atoms with E-state index in [4.69, 9.17) is 0 Å². The van der Waals surface area contributed by atoms with Crippen LogP contribution in [0.25, 0.3) is 0 Å². The topological polar surface area (TPSA) is 29.9 Å². The van der Waals surface area contributed by atoms with Gasteiger partial charge in [0.05, 0.1) is 6.33 Å². The number of nitrogens with zero attached hydrogens (tertiary/aromatic N) is 2. The highest BCUT2D eigenvalue weighted by molar-refractivity contribution is 5.25. The quantitative estimate of drug-likeness (QED) is 0.930. The zero-order valence-electron chi connectivity index (χ0n) is 13.0.